The van der Waals surface area contributed by atoms with E-state index < -0.39 is 0 Å². The summed E-state index contributed by atoms with van der Waals surface area (Å²) in [5, 5.41) is 2.21. The molecule has 6 heteroatoms. The largest absolute Gasteiger partial charge is 0.509 e. The molecule has 0 saturated heterocycles. The molecule has 5 nitrogen and oxygen atoms in total. The van der Waals surface area contributed by atoms with Gasteiger partial charge in [-0.15, -0.1) is 53.6 Å². The molecule has 382 valence electrons. The zero-order chi connectivity index (χ0) is 52.0. The Hall–Kier alpha value is -6.42. The van der Waals surface area contributed by atoms with Gasteiger partial charge in [-0.05, 0) is 119 Å². The topological polar surface area (TPSA) is 33.5 Å². The average Bonchev–Trinajstić information content (AvgIpc) is 3.88. The molecule has 7 aromatic carbocycles. The van der Waals surface area contributed by atoms with E-state index in [0.29, 0.717) is 11.5 Å². The van der Waals surface area contributed by atoms with E-state index in [1.807, 2.05) is 12.3 Å². The quantitative estimate of drug-likeness (QED) is 0.149. The molecule has 74 heavy (non-hydrogen) atoms. The SMILES string of the molecule is CC(C)(C)c1cc(Oc2[c-]c3c(cc2)c2cc(-c4ccccc4)ccc2n3-c2cc(C(C)(C)C)ccn2)[c-]c(N2[CH-]N(c3cc(-c4cc(C(C)(C)C)cc(C(C)(C)C)c4)cc(C(C)(C)C)c3)c3ccccc32)c1.[Pt]. The summed E-state index contributed by atoms with van der Waals surface area (Å²) in [6.45, 7) is 36.5. The van der Waals surface area contributed by atoms with Crippen LogP contribution in [0.4, 0.5) is 22.7 Å². The molecular weight excluding hydrogens is 1080 g/mol. The normalized spacial score (nSPS) is 13.4. The Bertz CT molecular complexity index is 3520. The van der Waals surface area contributed by atoms with E-state index in [4.69, 9.17) is 9.72 Å². The molecule has 0 spiro atoms. The Morgan fingerprint density at radius 1 is 0.432 bits per heavy atom. The first-order valence-electron chi connectivity index (χ1n) is 25.9. The van der Waals surface area contributed by atoms with Crippen LogP contribution in [0.1, 0.15) is 132 Å². The van der Waals surface area contributed by atoms with Crippen LogP contribution in [-0.2, 0) is 48.1 Å². The molecule has 0 unspecified atom stereocenters. The average molecular weight is 1160 g/mol. The van der Waals surface area contributed by atoms with Crippen LogP contribution in [-0.4, -0.2) is 9.55 Å². The van der Waals surface area contributed by atoms with Crippen molar-refractivity contribution >= 4 is 44.6 Å². The summed E-state index contributed by atoms with van der Waals surface area (Å²) in [7, 11) is 0. The number of aromatic nitrogens is 2. The molecule has 0 bridgehead atoms. The fourth-order valence-electron chi connectivity index (χ4n) is 9.82. The molecule has 0 aliphatic carbocycles. The van der Waals surface area contributed by atoms with E-state index in [2.05, 4.69) is 277 Å². The van der Waals surface area contributed by atoms with Crippen LogP contribution in [0.5, 0.6) is 11.5 Å². The van der Waals surface area contributed by atoms with Crippen molar-refractivity contribution in [3.05, 3.63) is 198 Å². The van der Waals surface area contributed by atoms with Crippen molar-refractivity contribution in [1.29, 1.82) is 0 Å². The summed E-state index contributed by atoms with van der Waals surface area (Å²) in [6, 6.07) is 60.7. The van der Waals surface area contributed by atoms with Gasteiger partial charge in [-0.3, -0.25) is 0 Å². The first-order chi connectivity index (χ1) is 34.3. The molecule has 3 heterocycles. The van der Waals surface area contributed by atoms with Gasteiger partial charge < -0.3 is 19.1 Å². The number of rotatable bonds is 7. The van der Waals surface area contributed by atoms with Gasteiger partial charge in [-0.1, -0.05) is 188 Å². The van der Waals surface area contributed by atoms with Gasteiger partial charge in [0.05, 0.1) is 0 Å². The molecule has 10 rings (SSSR count). The Kier molecular flexibility index (Phi) is 13.5. The van der Waals surface area contributed by atoms with E-state index in [-0.39, 0.29) is 48.1 Å². The Balaban J connectivity index is 0.00000672. The molecule has 1 aliphatic rings. The predicted octanol–water partition coefficient (Wildman–Crippen LogP) is 18.8. The van der Waals surface area contributed by atoms with E-state index in [0.717, 1.165) is 61.5 Å². The van der Waals surface area contributed by atoms with E-state index in [9.17, 15) is 0 Å². The number of hydrogen-bond donors (Lipinski definition) is 0. The molecular formula is C68H71N4OPt-3. The Morgan fingerprint density at radius 3 is 1.62 bits per heavy atom. The van der Waals surface area contributed by atoms with Crippen molar-refractivity contribution < 1.29 is 25.8 Å². The number of para-hydroxylation sites is 2. The smallest absolute Gasteiger partial charge is 0.135 e. The summed E-state index contributed by atoms with van der Waals surface area (Å²) in [6.07, 6.45) is 1.92. The number of fused-ring (bicyclic) bond motifs is 4. The maximum Gasteiger partial charge on any atom is 0.135 e. The van der Waals surface area contributed by atoms with Gasteiger partial charge in [0.1, 0.15) is 5.82 Å². The Labute approximate surface area is 455 Å². The van der Waals surface area contributed by atoms with E-state index in [1.165, 1.54) is 38.9 Å². The van der Waals surface area contributed by atoms with E-state index in [1.54, 1.807) is 0 Å². The minimum absolute atomic E-state index is 0. The van der Waals surface area contributed by atoms with Crippen LogP contribution < -0.4 is 14.5 Å². The molecule has 2 aromatic heterocycles. The molecule has 9 aromatic rings. The second-order valence-corrected chi connectivity index (χ2v) is 25.3. The van der Waals surface area contributed by atoms with Gasteiger partial charge >= 0.3 is 0 Å². The fraction of sp³-hybridized carbons (Fsp3) is 0.294. The molecule has 0 N–H and O–H groups in total. The first kappa shape index (κ1) is 52.4. The van der Waals surface area contributed by atoms with Crippen LogP contribution in [0.2, 0.25) is 0 Å². The maximum absolute atomic E-state index is 6.97. The van der Waals surface area contributed by atoms with Crippen molar-refractivity contribution in [3.63, 3.8) is 0 Å². The maximum atomic E-state index is 6.97. The van der Waals surface area contributed by atoms with Crippen LogP contribution in [0.3, 0.4) is 0 Å². The van der Waals surface area contributed by atoms with Gasteiger partial charge in [0.15, 0.2) is 0 Å². The fourth-order valence-corrected chi connectivity index (χ4v) is 9.82. The van der Waals surface area contributed by atoms with Crippen molar-refractivity contribution in [2.24, 2.45) is 0 Å². The van der Waals surface area contributed by atoms with Crippen molar-refractivity contribution in [2.75, 3.05) is 9.80 Å². The molecule has 0 atom stereocenters. The summed E-state index contributed by atoms with van der Waals surface area (Å²) in [4.78, 5) is 9.58. The van der Waals surface area contributed by atoms with Crippen molar-refractivity contribution in [2.45, 2.75) is 131 Å². The van der Waals surface area contributed by atoms with Crippen LogP contribution in [0.25, 0.3) is 49.9 Å². The second-order valence-electron chi connectivity index (χ2n) is 25.3. The second kappa shape index (κ2) is 19.1. The number of ether oxygens (including phenoxy) is 1. The monoisotopic (exact) mass is 1150 g/mol. The third-order valence-electron chi connectivity index (χ3n) is 14.5. The summed E-state index contributed by atoms with van der Waals surface area (Å²) in [5.74, 6) is 2.07. The third-order valence-corrected chi connectivity index (χ3v) is 14.5. The third kappa shape index (κ3) is 10.3. The molecule has 0 radical (unpaired) electrons. The van der Waals surface area contributed by atoms with Gasteiger partial charge in [-0.25, -0.2) is 4.98 Å². The minimum atomic E-state index is -0.190. The van der Waals surface area contributed by atoms with Crippen LogP contribution >= 0.6 is 0 Å². The van der Waals surface area contributed by atoms with Gasteiger partial charge in [0.25, 0.3) is 0 Å². The number of benzene rings is 7. The van der Waals surface area contributed by atoms with Crippen molar-refractivity contribution in [1.82, 2.24) is 9.55 Å². The van der Waals surface area contributed by atoms with Crippen LogP contribution in [0.15, 0.2) is 152 Å². The van der Waals surface area contributed by atoms with Gasteiger partial charge in [0.2, 0.25) is 0 Å². The number of hydrogen-bond acceptors (Lipinski definition) is 4. The van der Waals surface area contributed by atoms with Gasteiger partial charge in [0, 0.05) is 61.3 Å². The first-order valence-corrected chi connectivity index (χ1v) is 25.9. The molecule has 1 aliphatic heterocycles. The van der Waals surface area contributed by atoms with Crippen LogP contribution in [0, 0.1) is 18.8 Å². The standard InChI is InChI=1S/C68H71N4O.Pt/c1-64(2,3)48-29-30-69-63(40-48)72-59-28-25-45(44-21-17-16-18-22-44)35-58(59)57-27-26-55(42-62(57)72)73-56-39-52(68(13,14)15)38-54(41-56)71-43-70(60-23-19-20-24-61(60)71)53-34-47(33-51(37-53)67(10,11)12)46-31-49(65(4,5)6)36-50(32-46)66(7,8)9;/h16-40,43H,1-15H3;/q-3;. The summed E-state index contributed by atoms with van der Waals surface area (Å²) in [5.41, 5.74) is 16.9. The summed E-state index contributed by atoms with van der Waals surface area (Å²) >= 11 is 0. The molecule has 0 fully saturated rings. The molecule has 0 saturated carbocycles. The number of pyridine rings is 1. The van der Waals surface area contributed by atoms with Gasteiger partial charge in [-0.2, -0.15) is 6.07 Å². The van der Waals surface area contributed by atoms with Crippen molar-refractivity contribution in [3.8, 4) is 39.6 Å². The minimum Gasteiger partial charge on any atom is -0.509 e. The zero-order valence-corrected chi connectivity index (χ0v) is 48.3. The zero-order valence-electron chi connectivity index (χ0n) is 46.0. The van der Waals surface area contributed by atoms with E-state index >= 15 is 0 Å². The predicted molar refractivity (Wildman–Crippen MR) is 309 cm³/mol. The number of nitrogens with zero attached hydrogens (tertiary/aromatic N) is 4. The summed E-state index contributed by atoms with van der Waals surface area (Å²) < 4.78 is 9.20. The number of anilines is 4. The Morgan fingerprint density at radius 2 is 1.00 bits per heavy atom. The molecule has 0 amide bonds.